The van der Waals surface area contributed by atoms with Gasteiger partial charge in [0.05, 0.1) is 17.3 Å². The highest BCUT2D eigenvalue weighted by atomic mass is 32.1. The van der Waals surface area contributed by atoms with Crippen LogP contribution in [0, 0.1) is 13.8 Å². The second-order valence-corrected chi connectivity index (χ2v) is 8.12. The molecule has 0 aliphatic rings. The number of amides is 1. The third kappa shape index (κ3) is 4.46. The van der Waals surface area contributed by atoms with E-state index in [1.807, 2.05) is 32.0 Å². The smallest absolute Gasteiger partial charge is 0.325 e. The number of fused-ring (bicyclic) bond motifs is 1. The summed E-state index contributed by atoms with van der Waals surface area (Å²) in [6.45, 7) is 10.0. The Kier molecular flexibility index (Phi) is 6.72. The van der Waals surface area contributed by atoms with Crippen LogP contribution in [0.5, 0.6) is 0 Å². The van der Waals surface area contributed by atoms with Gasteiger partial charge in [0.2, 0.25) is 0 Å². The zero-order valence-corrected chi connectivity index (χ0v) is 18.9. The van der Waals surface area contributed by atoms with Crippen LogP contribution in [0.3, 0.4) is 0 Å². The van der Waals surface area contributed by atoms with Crippen molar-refractivity contribution in [2.45, 2.75) is 34.2 Å². The molecule has 30 heavy (non-hydrogen) atoms. The van der Waals surface area contributed by atoms with Crippen molar-refractivity contribution < 1.29 is 14.3 Å². The highest BCUT2D eigenvalue weighted by Crippen LogP contribution is 2.23. The van der Waals surface area contributed by atoms with E-state index < -0.39 is 0 Å². The Bertz CT molecular complexity index is 1140. The lowest BCUT2D eigenvalue weighted by molar-refractivity contribution is -0.141. The van der Waals surface area contributed by atoms with Gasteiger partial charge < -0.3 is 14.2 Å². The van der Waals surface area contributed by atoms with Crippen molar-refractivity contribution in [1.82, 2.24) is 4.57 Å². The predicted molar refractivity (Wildman–Crippen MR) is 121 cm³/mol. The molecule has 3 rings (SSSR count). The van der Waals surface area contributed by atoms with E-state index in [4.69, 9.17) is 4.74 Å². The van der Waals surface area contributed by atoms with Gasteiger partial charge in [-0.2, -0.15) is 4.99 Å². The standard InChI is InChI=1S/C23H27N3O3S/c1-6-25(7-2)18-10-8-17(9-11-18)22(28)24-23-26(14-20(27)29-5)21-16(4)12-15(3)13-19(21)30-23/h8-13H,6-7,14H2,1-5H3. The van der Waals surface area contributed by atoms with E-state index in [9.17, 15) is 9.59 Å². The molecule has 0 atom stereocenters. The molecule has 0 unspecified atom stereocenters. The number of thiazole rings is 1. The van der Waals surface area contributed by atoms with E-state index in [2.05, 4.69) is 29.8 Å². The van der Waals surface area contributed by atoms with Crippen molar-refractivity contribution in [2.75, 3.05) is 25.1 Å². The molecule has 7 heteroatoms. The summed E-state index contributed by atoms with van der Waals surface area (Å²) in [5, 5.41) is 0. The van der Waals surface area contributed by atoms with Gasteiger partial charge in [0.1, 0.15) is 6.54 Å². The summed E-state index contributed by atoms with van der Waals surface area (Å²) < 4.78 is 7.60. The minimum Gasteiger partial charge on any atom is -0.468 e. The van der Waals surface area contributed by atoms with E-state index in [1.165, 1.54) is 18.4 Å². The molecule has 0 spiro atoms. The van der Waals surface area contributed by atoms with Crippen molar-refractivity contribution in [2.24, 2.45) is 4.99 Å². The average Bonchev–Trinajstić information content (AvgIpc) is 3.06. The van der Waals surface area contributed by atoms with E-state index in [0.29, 0.717) is 10.4 Å². The number of ether oxygens (including phenoxy) is 1. The summed E-state index contributed by atoms with van der Waals surface area (Å²) in [6.07, 6.45) is 0. The molecule has 0 saturated heterocycles. The molecule has 1 heterocycles. The molecular formula is C23H27N3O3S. The first-order chi connectivity index (χ1) is 14.4. The molecule has 0 fully saturated rings. The highest BCUT2D eigenvalue weighted by Gasteiger charge is 2.15. The summed E-state index contributed by atoms with van der Waals surface area (Å²) in [4.78, 5) is 31.9. The number of hydrogen-bond donors (Lipinski definition) is 0. The quantitative estimate of drug-likeness (QED) is 0.558. The Morgan fingerprint density at radius 3 is 2.37 bits per heavy atom. The largest absolute Gasteiger partial charge is 0.468 e. The average molecular weight is 426 g/mol. The van der Waals surface area contributed by atoms with Crippen LogP contribution in [-0.2, 0) is 16.1 Å². The number of carbonyl (C=O) groups is 2. The van der Waals surface area contributed by atoms with Gasteiger partial charge in [-0.15, -0.1) is 0 Å². The summed E-state index contributed by atoms with van der Waals surface area (Å²) in [5.74, 6) is -0.715. The zero-order valence-electron chi connectivity index (χ0n) is 18.1. The van der Waals surface area contributed by atoms with Gasteiger partial charge in [-0.25, -0.2) is 0 Å². The molecule has 6 nitrogen and oxygen atoms in total. The van der Waals surface area contributed by atoms with Crippen LogP contribution >= 0.6 is 11.3 Å². The van der Waals surface area contributed by atoms with Crippen LogP contribution in [-0.4, -0.2) is 36.6 Å². The SMILES string of the molecule is CCN(CC)c1ccc(C(=O)N=c2sc3cc(C)cc(C)c3n2CC(=O)OC)cc1. The lowest BCUT2D eigenvalue weighted by Crippen LogP contribution is -2.23. The molecule has 0 aliphatic heterocycles. The number of rotatable bonds is 6. The van der Waals surface area contributed by atoms with Crippen LogP contribution in [0.25, 0.3) is 10.2 Å². The van der Waals surface area contributed by atoms with E-state index in [-0.39, 0.29) is 18.4 Å². The van der Waals surface area contributed by atoms with Gasteiger partial charge >= 0.3 is 5.97 Å². The van der Waals surface area contributed by atoms with E-state index in [1.54, 1.807) is 16.7 Å². The van der Waals surface area contributed by atoms with Crippen LogP contribution in [0.1, 0.15) is 35.3 Å². The molecule has 0 N–H and O–H groups in total. The van der Waals surface area contributed by atoms with Crippen molar-refractivity contribution in [3.05, 3.63) is 57.9 Å². The number of esters is 1. The summed E-state index contributed by atoms with van der Waals surface area (Å²) in [6, 6.07) is 11.6. The van der Waals surface area contributed by atoms with Gasteiger partial charge in [-0.3, -0.25) is 9.59 Å². The van der Waals surface area contributed by atoms with Crippen LogP contribution in [0.4, 0.5) is 5.69 Å². The molecule has 0 bridgehead atoms. The fraction of sp³-hybridized carbons (Fsp3) is 0.348. The van der Waals surface area contributed by atoms with Gasteiger partial charge in [0.25, 0.3) is 5.91 Å². The zero-order chi connectivity index (χ0) is 21.8. The second-order valence-electron chi connectivity index (χ2n) is 7.11. The number of methoxy groups -OCH3 is 1. The number of aromatic nitrogens is 1. The third-order valence-electron chi connectivity index (χ3n) is 5.07. The lowest BCUT2D eigenvalue weighted by atomic mass is 10.1. The Morgan fingerprint density at radius 2 is 1.77 bits per heavy atom. The van der Waals surface area contributed by atoms with Gasteiger partial charge in [-0.1, -0.05) is 17.4 Å². The third-order valence-corrected chi connectivity index (χ3v) is 6.09. The van der Waals surface area contributed by atoms with Crippen molar-refractivity contribution in [1.29, 1.82) is 0 Å². The first kappa shape index (κ1) is 21.8. The Labute approximate surface area is 180 Å². The second kappa shape index (κ2) is 9.26. The predicted octanol–water partition coefficient (Wildman–Crippen LogP) is 4.08. The first-order valence-corrected chi connectivity index (χ1v) is 10.8. The molecule has 3 aromatic rings. The molecule has 0 saturated carbocycles. The molecular weight excluding hydrogens is 398 g/mol. The van der Waals surface area contributed by atoms with Crippen molar-refractivity contribution in [3.63, 3.8) is 0 Å². The Morgan fingerprint density at radius 1 is 1.10 bits per heavy atom. The van der Waals surface area contributed by atoms with Crippen molar-refractivity contribution >= 4 is 39.1 Å². The number of anilines is 1. The molecule has 2 aromatic carbocycles. The first-order valence-electron chi connectivity index (χ1n) is 9.99. The maximum absolute atomic E-state index is 12.9. The van der Waals surface area contributed by atoms with Gasteiger partial charge in [0.15, 0.2) is 4.80 Å². The van der Waals surface area contributed by atoms with Crippen LogP contribution < -0.4 is 9.70 Å². The molecule has 1 amide bonds. The molecule has 0 aliphatic carbocycles. The minimum absolute atomic E-state index is 0.00735. The van der Waals surface area contributed by atoms with Crippen LogP contribution in [0.15, 0.2) is 41.4 Å². The molecule has 1 aromatic heterocycles. The highest BCUT2D eigenvalue weighted by molar-refractivity contribution is 7.16. The Hall–Kier alpha value is -2.93. The molecule has 158 valence electrons. The summed E-state index contributed by atoms with van der Waals surface area (Å²) in [5.41, 5.74) is 4.64. The van der Waals surface area contributed by atoms with E-state index >= 15 is 0 Å². The number of hydrogen-bond acceptors (Lipinski definition) is 5. The fourth-order valence-corrected chi connectivity index (χ4v) is 4.78. The number of nitrogens with zero attached hydrogens (tertiary/aromatic N) is 3. The molecule has 0 radical (unpaired) electrons. The number of benzene rings is 2. The monoisotopic (exact) mass is 425 g/mol. The minimum atomic E-state index is -0.382. The van der Waals surface area contributed by atoms with Crippen molar-refractivity contribution in [3.8, 4) is 0 Å². The van der Waals surface area contributed by atoms with Gasteiger partial charge in [-0.05, 0) is 69.2 Å². The topological polar surface area (TPSA) is 63.9 Å². The number of carbonyl (C=O) groups excluding carboxylic acids is 2. The maximum Gasteiger partial charge on any atom is 0.325 e. The Balaban J connectivity index is 2.06. The number of aryl methyl sites for hydroxylation is 2. The van der Waals surface area contributed by atoms with Gasteiger partial charge in [0, 0.05) is 24.3 Å². The normalized spacial score (nSPS) is 11.7. The summed E-state index contributed by atoms with van der Waals surface area (Å²) in [7, 11) is 1.36. The van der Waals surface area contributed by atoms with Crippen LogP contribution in [0.2, 0.25) is 0 Å². The lowest BCUT2D eigenvalue weighted by Gasteiger charge is -2.20. The fourth-order valence-electron chi connectivity index (χ4n) is 3.57. The maximum atomic E-state index is 12.9. The summed E-state index contributed by atoms with van der Waals surface area (Å²) >= 11 is 1.40. The van der Waals surface area contributed by atoms with E-state index in [0.717, 1.165) is 40.1 Å².